The summed E-state index contributed by atoms with van der Waals surface area (Å²) in [6.07, 6.45) is 4.23. The molecule has 0 saturated carbocycles. The second kappa shape index (κ2) is 4.49. The highest BCUT2D eigenvalue weighted by Gasteiger charge is 2.00. The molecule has 0 unspecified atom stereocenters. The quantitative estimate of drug-likeness (QED) is 0.759. The van der Waals surface area contributed by atoms with E-state index in [-0.39, 0.29) is 0 Å². The van der Waals surface area contributed by atoms with Crippen molar-refractivity contribution in [2.45, 2.75) is 19.8 Å². The summed E-state index contributed by atoms with van der Waals surface area (Å²) in [6, 6.07) is 6.64. The fourth-order valence-electron chi connectivity index (χ4n) is 1.89. The molecule has 0 radical (unpaired) electrons. The molecule has 2 rings (SSSR count). The van der Waals surface area contributed by atoms with Crippen LogP contribution in [-0.2, 0) is 11.2 Å². The molecule has 0 spiro atoms. The predicted molar refractivity (Wildman–Crippen MR) is 63.2 cm³/mol. The number of nitrogens with one attached hydrogen (secondary N) is 1. The van der Waals surface area contributed by atoms with Gasteiger partial charge in [0.05, 0.1) is 0 Å². The van der Waals surface area contributed by atoms with Crippen LogP contribution >= 0.6 is 0 Å². The van der Waals surface area contributed by atoms with Crippen molar-refractivity contribution < 1.29 is 4.74 Å². The van der Waals surface area contributed by atoms with E-state index < -0.39 is 0 Å². The Hall–Kier alpha value is -1.28. The maximum Gasteiger partial charge on any atom is 0.0465 e. The largest absolute Gasteiger partial charge is 0.385 e. The molecule has 1 heterocycles. The van der Waals surface area contributed by atoms with Crippen molar-refractivity contribution in [2.24, 2.45) is 0 Å². The Morgan fingerprint density at radius 1 is 1.33 bits per heavy atom. The maximum atomic E-state index is 5.05. The third-order valence-electron chi connectivity index (χ3n) is 2.77. The molecule has 0 amide bonds. The van der Waals surface area contributed by atoms with Crippen molar-refractivity contribution in [3.63, 3.8) is 0 Å². The van der Waals surface area contributed by atoms with Crippen LogP contribution in [0.5, 0.6) is 0 Å². The molecule has 1 aromatic heterocycles. The lowest BCUT2D eigenvalue weighted by Gasteiger charge is -2.01. The number of H-pyrrole nitrogens is 1. The van der Waals surface area contributed by atoms with Crippen molar-refractivity contribution in [3.8, 4) is 0 Å². The standard InChI is InChI=1S/C13H17NO/c1-10-9-14-13-8-11(4-3-7-15-2)5-6-12(10)13/h5-6,8-9,14H,3-4,7H2,1-2H3. The third kappa shape index (κ3) is 2.21. The summed E-state index contributed by atoms with van der Waals surface area (Å²) < 4.78 is 5.05. The number of ether oxygens (including phenoxy) is 1. The van der Waals surface area contributed by atoms with Crippen LogP contribution in [0.25, 0.3) is 10.9 Å². The van der Waals surface area contributed by atoms with Gasteiger partial charge in [-0.3, -0.25) is 0 Å². The van der Waals surface area contributed by atoms with E-state index in [1.54, 1.807) is 7.11 Å². The highest BCUT2D eigenvalue weighted by atomic mass is 16.5. The molecule has 1 aromatic carbocycles. The van der Waals surface area contributed by atoms with Crippen LogP contribution < -0.4 is 0 Å². The van der Waals surface area contributed by atoms with E-state index in [9.17, 15) is 0 Å². The van der Waals surface area contributed by atoms with Gasteiger partial charge in [-0.05, 0) is 37.0 Å². The van der Waals surface area contributed by atoms with Crippen molar-refractivity contribution in [3.05, 3.63) is 35.5 Å². The summed E-state index contributed by atoms with van der Waals surface area (Å²) in [6.45, 7) is 2.96. The molecule has 0 aliphatic rings. The molecule has 0 bridgehead atoms. The predicted octanol–water partition coefficient (Wildman–Crippen LogP) is 3.06. The van der Waals surface area contributed by atoms with E-state index in [0.717, 1.165) is 19.4 Å². The number of benzene rings is 1. The number of fused-ring (bicyclic) bond motifs is 1. The smallest absolute Gasteiger partial charge is 0.0465 e. The number of hydrogen-bond acceptors (Lipinski definition) is 1. The Kier molecular flexibility index (Phi) is 3.07. The summed E-state index contributed by atoms with van der Waals surface area (Å²) in [4.78, 5) is 3.29. The van der Waals surface area contributed by atoms with Gasteiger partial charge >= 0.3 is 0 Å². The van der Waals surface area contributed by atoms with E-state index >= 15 is 0 Å². The lowest BCUT2D eigenvalue weighted by atomic mass is 10.1. The molecular formula is C13H17NO. The van der Waals surface area contributed by atoms with Crippen LogP contribution in [0.4, 0.5) is 0 Å². The second-order valence-electron chi connectivity index (χ2n) is 3.95. The van der Waals surface area contributed by atoms with Crippen LogP contribution in [0.1, 0.15) is 17.5 Å². The first kappa shape index (κ1) is 10.2. The van der Waals surface area contributed by atoms with Gasteiger partial charge in [0.2, 0.25) is 0 Å². The number of aromatic nitrogens is 1. The zero-order valence-corrected chi connectivity index (χ0v) is 9.34. The average Bonchev–Trinajstić information content (AvgIpc) is 2.61. The van der Waals surface area contributed by atoms with Gasteiger partial charge in [-0.2, -0.15) is 0 Å². The SMILES string of the molecule is COCCCc1ccc2c(C)c[nH]c2c1. The van der Waals surface area contributed by atoms with E-state index in [1.807, 2.05) is 0 Å². The maximum absolute atomic E-state index is 5.05. The number of rotatable bonds is 4. The summed E-state index contributed by atoms with van der Waals surface area (Å²) >= 11 is 0. The van der Waals surface area contributed by atoms with Crippen LogP contribution in [0, 0.1) is 6.92 Å². The Morgan fingerprint density at radius 2 is 2.20 bits per heavy atom. The number of hydrogen-bond donors (Lipinski definition) is 1. The molecule has 80 valence electrons. The van der Waals surface area contributed by atoms with Gasteiger partial charge in [0.25, 0.3) is 0 Å². The molecule has 2 nitrogen and oxygen atoms in total. The molecule has 0 aliphatic carbocycles. The first-order valence-corrected chi connectivity index (χ1v) is 5.37. The average molecular weight is 203 g/mol. The first-order valence-electron chi connectivity index (χ1n) is 5.37. The van der Waals surface area contributed by atoms with Crippen molar-refractivity contribution in [1.82, 2.24) is 4.98 Å². The van der Waals surface area contributed by atoms with E-state index in [2.05, 4.69) is 36.3 Å². The summed E-state index contributed by atoms with van der Waals surface area (Å²) in [5.74, 6) is 0. The Balaban J connectivity index is 2.16. The van der Waals surface area contributed by atoms with Gasteiger partial charge in [-0.1, -0.05) is 12.1 Å². The molecule has 2 aromatic rings. The van der Waals surface area contributed by atoms with Crippen LogP contribution in [0.3, 0.4) is 0 Å². The summed E-state index contributed by atoms with van der Waals surface area (Å²) in [5, 5.41) is 1.32. The normalized spacial score (nSPS) is 11.1. The fraction of sp³-hybridized carbons (Fsp3) is 0.385. The Labute approximate surface area is 90.3 Å². The highest BCUT2D eigenvalue weighted by Crippen LogP contribution is 2.19. The molecule has 15 heavy (non-hydrogen) atoms. The van der Waals surface area contributed by atoms with Gasteiger partial charge in [-0.25, -0.2) is 0 Å². The number of aromatic amines is 1. The van der Waals surface area contributed by atoms with Crippen LogP contribution in [0.15, 0.2) is 24.4 Å². The third-order valence-corrected chi connectivity index (χ3v) is 2.77. The lowest BCUT2D eigenvalue weighted by Crippen LogP contribution is -1.92. The zero-order valence-electron chi connectivity index (χ0n) is 9.34. The molecule has 0 saturated heterocycles. The zero-order chi connectivity index (χ0) is 10.7. The van der Waals surface area contributed by atoms with E-state index in [1.165, 1.54) is 22.0 Å². The first-order chi connectivity index (χ1) is 7.31. The Morgan fingerprint density at radius 3 is 3.00 bits per heavy atom. The highest BCUT2D eigenvalue weighted by molar-refractivity contribution is 5.83. The second-order valence-corrected chi connectivity index (χ2v) is 3.95. The van der Waals surface area contributed by atoms with Gasteiger partial charge < -0.3 is 9.72 Å². The van der Waals surface area contributed by atoms with E-state index in [4.69, 9.17) is 4.74 Å². The van der Waals surface area contributed by atoms with Gasteiger partial charge in [0.15, 0.2) is 0 Å². The minimum Gasteiger partial charge on any atom is -0.385 e. The van der Waals surface area contributed by atoms with Gasteiger partial charge in [-0.15, -0.1) is 0 Å². The summed E-state index contributed by atoms with van der Waals surface area (Å²) in [7, 11) is 1.75. The fourth-order valence-corrected chi connectivity index (χ4v) is 1.89. The number of methoxy groups -OCH3 is 1. The van der Waals surface area contributed by atoms with Crippen molar-refractivity contribution in [2.75, 3.05) is 13.7 Å². The monoisotopic (exact) mass is 203 g/mol. The topological polar surface area (TPSA) is 25.0 Å². The molecule has 0 aliphatic heterocycles. The van der Waals surface area contributed by atoms with Crippen LogP contribution in [0.2, 0.25) is 0 Å². The summed E-state index contributed by atoms with van der Waals surface area (Å²) in [5.41, 5.74) is 3.93. The molecular weight excluding hydrogens is 186 g/mol. The van der Waals surface area contributed by atoms with Crippen molar-refractivity contribution in [1.29, 1.82) is 0 Å². The van der Waals surface area contributed by atoms with Crippen molar-refractivity contribution >= 4 is 10.9 Å². The van der Waals surface area contributed by atoms with E-state index in [0.29, 0.717) is 0 Å². The minimum atomic E-state index is 0.835. The van der Waals surface area contributed by atoms with Gasteiger partial charge in [0, 0.05) is 30.8 Å². The van der Waals surface area contributed by atoms with Gasteiger partial charge in [0.1, 0.15) is 0 Å². The Bertz CT molecular complexity index is 445. The minimum absolute atomic E-state index is 0.835. The molecule has 2 heteroatoms. The lowest BCUT2D eigenvalue weighted by molar-refractivity contribution is 0.195. The molecule has 1 N–H and O–H groups in total. The van der Waals surface area contributed by atoms with Crippen LogP contribution in [-0.4, -0.2) is 18.7 Å². The molecule has 0 atom stereocenters. The number of aryl methyl sites for hydroxylation is 2. The molecule has 0 fully saturated rings.